The highest BCUT2D eigenvalue weighted by Crippen LogP contribution is 2.38. The maximum atomic E-state index is 12.4. The molecular formula is C13H9FO3S. The van der Waals surface area contributed by atoms with E-state index in [0.717, 1.165) is 16.7 Å². The fourth-order valence-electron chi connectivity index (χ4n) is 2.29. The first-order valence-electron chi connectivity index (χ1n) is 5.38. The zero-order chi connectivity index (χ0) is 12.8. The number of hydrogen-bond donors (Lipinski definition) is 0. The maximum Gasteiger partial charge on any atom is 0.488 e. The summed E-state index contributed by atoms with van der Waals surface area (Å²) in [5, 5.41) is 0. The Kier molecular flexibility index (Phi) is 2.38. The molecule has 0 unspecified atom stereocenters. The van der Waals surface area contributed by atoms with Crippen LogP contribution in [0.1, 0.15) is 11.1 Å². The minimum Gasteiger partial charge on any atom is -0.358 e. The minimum atomic E-state index is -4.96. The van der Waals surface area contributed by atoms with E-state index in [9.17, 15) is 12.3 Å². The van der Waals surface area contributed by atoms with E-state index < -0.39 is 10.5 Å². The molecule has 0 spiro atoms. The topological polar surface area (TPSA) is 43.4 Å². The molecule has 2 aromatic carbocycles. The molecule has 0 bridgehead atoms. The number of rotatable bonds is 2. The summed E-state index contributed by atoms with van der Waals surface area (Å²) in [6, 6.07) is 12.7. The van der Waals surface area contributed by atoms with Gasteiger partial charge in [-0.05, 0) is 40.8 Å². The van der Waals surface area contributed by atoms with Gasteiger partial charge in [0, 0.05) is 0 Å². The van der Waals surface area contributed by atoms with Gasteiger partial charge in [-0.1, -0.05) is 34.2 Å². The summed E-state index contributed by atoms with van der Waals surface area (Å²) in [5.74, 6) is 0.00376. The molecule has 0 fully saturated rings. The molecule has 92 valence electrons. The first-order valence-corrected chi connectivity index (χ1v) is 6.69. The lowest BCUT2D eigenvalue weighted by Crippen LogP contribution is -2.01. The average molecular weight is 264 g/mol. The van der Waals surface area contributed by atoms with Crippen LogP contribution in [-0.2, 0) is 16.9 Å². The van der Waals surface area contributed by atoms with Crippen LogP contribution < -0.4 is 4.18 Å². The quantitative estimate of drug-likeness (QED) is 0.668. The van der Waals surface area contributed by atoms with Crippen molar-refractivity contribution in [2.45, 2.75) is 6.42 Å². The normalized spacial score (nSPS) is 12.9. The molecule has 0 atom stereocenters. The molecule has 5 heteroatoms. The van der Waals surface area contributed by atoms with Gasteiger partial charge in [0.1, 0.15) is 5.75 Å². The van der Waals surface area contributed by atoms with Crippen molar-refractivity contribution in [2.75, 3.05) is 0 Å². The third-order valence-corrected chi connectivity index (χ3v) is 3.35. The summed E-state index contributed by atoms with van der Waals surface area (Å²) in [5.41, 5.74) is 4.28. The van der Waals surface area contributed by atoms with Crippen LogP contribution in [0.5, 0.6) is 5.75 Å². The van der Waals surface area contributed by atoms with Crippen LogP contribution in [0.25, 0.3) is 11.1 Å². The Morgan fingerprint density at radius 3 is 2.50 bits per heavy atom. The van der Waals surface area contributed by atoms with E-state index in [2.05, 4.69) is 4.18 Å². The van der Waals surface area contributed by atoms with Crippen molar-refractivity contribution in [3.05, 3.63) is 53.6 Å². The largest absolute Gasteiger partial charge is 0.488 e. The van der Waals surface area contributed by atoms with Crippen molar-refractivity contribution in [3.63, 3.8) is 0 Å². The first kappa shape index (κ1) is 11.2. The van der Waals surface area contributed by atoms with Crippen LogP contribution in [-0.4, -0.2) is 8.42 Å². The average Bonchev–Trinajstić information content (AvgIpc) is 2.64. The molecule has 1 aliphatic carbocycles. The summed E-state index contributed by atoms with van der Waals surface area (Å²) < 4.78 is 37.5. The molecule has 0 saturated heterocycles. The molecule has 0 amide bonds. The molecule has 0 N–H and O–H groups in total. The van der Waals surface area contributed by atoms with E-state index >= 15 is 0 Å². The van der Waals surface area contributed by atoms with Crippen molar-refractivity contribution in [3.8, 4) is 16.9 Å². The Bertz CT molecular complexity index is 723. The lowest BCUT2D eigenvalue weighted by molar-refractivity contribution is 0.440. The van der Waals surface area contributed by atoms with Gasteiger partial charge in [-0.3, -0.25) is 0 Å². The highest BCUT2D eigenvalue weighted by atomic mass is 32.3. The maximum absolute atomic E-state index is 12.4. The van der Waals surface area contributed by atoms with Gasteiger partial charge in [0.25, 0.3) is 0 Å². The fourth-order valence-corrected chi connectivity index (χ4v) is 2.62. The van der Waals surface area contributed by atoms with Crippen molar-refractivity contribution >= 4 is 10.5 Å². The second kappa shape index (κ2) is 3.81. The van der Waals surface area contributed by atoms with Crippen molar-refractivity contribution in [1.29, 1.82) is 0 Å². The van der Waals surface area contributed by atoms with Crippen LogP contribution in [0.2, 0.25) is 0 Å². The summed E-state index contributed by atoms with van der Waals surface area (Å²) in [6.45, 7) is 0. The third kappa shape index (κ3) is 1.97. The molecular weight excluding hydrogens is 255 g/mol. The van der Waals surface area contributed by atoms with Gasteiger partial charge >= 0.3 is 10.5 Å². The van der Waals surface area contributed by atoms with Crippen LogP contribution in [0, 0.1) is 0 Å². The van der Waals surface area contributed by atoms with Gasteiger partial charge in [-0.25, -0.2) is 0 Å². The Morgan fingerprint density at radius 1 is 1.00 bits per heavy atom. The van der Waals surface area contributed by atoms with E-state index in [1.807, 2.05) is 24.3 Å². The van der Waals surface area contributed by atoms with Crippen molar-refractivity contribution in [2.24, 2.45) is 0 Å². The Hall–Kier alpha value is -1.88. The molecule has 2 aromatic rings. The van der Waals surface area contributed by atoms with Crippen LogP contribution in [0.3, 0.4) is 0 Å². The van der Waals surface area contributed by atoms with Gasteiger partial charge < -0.3 is 4.18 Å². The standard InChI is InChI=1S/C13H9FO3S/c14-18(15,16)17-11-5-6-13-10(8-11)7-9-3-1-2-4-12(9)13/h1-6,8H,7H2. The SMILES string of the molecule is O=S(=O)(F)Oc1ccc2c(c1)Cc1ccccc1-2. The van der Waals surface area contributed by atoms with Crippen LogP contribution in [0.15, 0.2) is 42.5 Å². The fraction of sp³-hybridized carbons (Fsp3) is 0.0769. The second-order valence-electron chi connectivity index (χ2n) is 4.13. The highest BCUT2D eigenvalue weighted by molar-refractivity contribution is 7.81. The first-order chi connectivity index (χ1) is 8.53. The predicted octanol–water partition coefficient (Wildman–Crippen LogP) is 2.85. The van der Waals surface area contributed by atoms with Crippen LogP contribution in [0.4, 0.5) is 3.89 Å². The highest BCUT2D eigenvalue weighted by Gasteiger charge is 2.19. The van der Waals surface area contributed by atoms with Gasteiger partial charge in [-0.15, -0.1) is 0 Å². The Labute approximate surface area is 104 Å². The lowest BCUT2D eigenvalue weighted by atomic mass is 10.1. The molecule has 18 heavy (non-hydrogen) atoms. The smallest absolute Gasteiger partial charge is 0.358 e. The van der Waals surface area contributed by atoms with Gasteiger partial charge in [-0.2, -0.15) is 8.42 Å². The molecule has 0 saturated carbocycles. The third-order valence-electron chi connectivity index (χ3n) is 2.96. The van der Waals surface area contributed by atoms with E-state index in [1.165, 1.54) is 11.6 Å². The molecule has 3 rings (SSSR count). The second-order valence-corrected chi connectivity index (χ2v) is 5.08. The Balaban J connectivity index is 2.03. The Morgan fingerprint density at radius 2 is 1.72 bits per heavy atom. The molecule has 0 aliphatic heterocycles. The molecule has 0 aromatic heterocycles. The summed E-state index contributed by atoms with van der Waals surface area (Å²) in [7, 11) is -4.96. The van der Waals surface area contributed by atoms with E-state index in [0.29, 0.717) is 6.42 Å². The number of hydrogen-bond acceptors (Lipinski definition) is 3. The summed E-state index contributed by atoms with van der Waals surface area (Å²) >= 11 is 0. The minimum absolute atomic E-state index is 0.00376. The van der Waals surface area contributed by atoms with Gasteiger partial charge in [0.2, 0.25) is 0 Å². The number of benzene rings is 2. The molecule has 0 heterocycles. The molecule has 0 radical (unpaired) electrons. The van der Waals surface area contributed by atoms with Gasteiger partial charge in [0.05, 0.1) is 0 Å². The number of halogens is 1. The molecule has 3 nitrogen and oxygen atoms in total. The van der Waals surface area contributed by atoms with E-state index in [1.54, 1.807) is 12.1 Å². The monoisotopic (exact) mass is 264 g/mol. The van der Waals surface area contributed by atoms with E-state index in [4.69, 9.17) is 0 Å². The van der Waals surface area contributed by atoms with Gasteiger partial charge in [0.15, 0.2) is 0 Å². The zero-order valence-corrected chi connectivity index (χ0v) is 10.1. The number of fused-ring (bicyclic) bond motifs is 3. The summed E-state index contributed by atoms with van der Waals surface area (Å²) in [6.07, 6.45) is 0.703. The lowest BCUT2D eigenvalue weighted by Gasteiger charge is -2.03. The van der Waals surface area contributed by atoms with Crippen molar-refractivity contribution < 1.29 is 16.5 Å². The van der Waals surface area contributed by atoms with Crippen LogP contribution >= 0.6 is 0 Å². The van der Waals surface area contributed by atoms with E-state index in [-0.39, 0.29) is 5.75 Å². The van der Waals surface area contributed by atoms with Crippen molar-refractivity contribution in [1.82, 2.24) is 0 Å². The summed E-state index contributed by atoms with van der Waals surface area (Å²) in [4.78, 5) is 0. The zero-order valence-electron chi connectivity index (χ0n) is 9.26. The molecule has 1 aliphatic rings. The predicted molar refractivity (Wildman–Crippen MR) is 65.3 cm³/mol.